The van der Waals surface area contributed by atoms with Gasteiger partial charge >= 0.3 is 0 Å². The summed E-state index contributed by atoms with van der Waals surface area (Å²) in [5.41, 5.74) is 1.36. The van der Waals surface area contributed by atoms with Crippen LogP contribution in [0.15, 0.2) is 24.3 Å². The maximum atomic E-state index is 11.9. The lowest BCUT2D eigenvalue weighted by Crippen LogP contribution is -2.30. The number of rotatable bonds is 5. The molecule has 4 heteroatoms. The lowest BCUT2D eigenvalue weighted by Gasteiger charge is -2.11. The Morgan fingerprint density at radius 3 is 2.33 bits per heavy atom. The molecule has 2 rings (SSSR count). The van der Waals surface area contributed by atoms with Gasteiger partial charge < -0.3 is 10.6 Å². The topological polar surface area (TPSA) is 58.2 Å². The second-order valence-electron chi connectivity index (χ2n) is 6.11. The van der Waals surface area contributed by atoms with E-state index < -0.39 is 0 Å². The van der Waals surface area contributed by atoms with E-state index in [1.807, 2.05) is 13.8 Å². The molecule has 0 saturated heterocycles. The van der Waals surface area contributed by atoms with Crippen LogP contribution >= 0.6 is 0 Å². The minimum absolute atomic E-state index is 0.0706. The smallest absolute Gasteiger partial charge is 0.251 e. The minimum atomic E-state index is -0.0890. The quantitative estimate of drug-likeness (QED) is 0.873. The number of hydrogen-bond acceptors (Lipinski definition) is 2. The van der Waals surface area contributed by atoms with Crippen LogP contribution in [0.2, 0.25) is 0 Å². The molecule has 0 unspecified atom stereocenters. The predicted octanol–water partition coefficient (Wildman–Crippen LogP) is 3.34. The zero-order valence-electron chi connectivity index (χ0n) is 12.8. The van der Waals surface area contributed by atoms with Gasteiger partial charge in [0.15, 0.2) is 0 Å². The molecular weight excluding hydrogens is 264 g/mol. The van der Waals surface area contributed by atoms with E-state index >= 15 is 0 Å². The first-order valence-corrected chi connectivity index (χ1v) is 7.75. The monoisotopic (exact) mass is 288 g/mol. The van der Waals surface area contributed by atoms with Gasteiger partial charge in [0.05, 0.1) is 0 Å². The van der Waals surface area contributed by atoms with E-state index in [0.717, 1.165) is 5.69 Å². The minimum Gasteiger partial charge on any atom is -0.350 e. The first kappa shape index (κ1) is 15.5. The van der Waals surface area contributed by atoms with Crippen LogP contribution in [-0.2, 0) is 4.79 Å². The number of benzene rings is 1. The zero-order chi connectivity index (χ0) is 15.2. The number of nitrogens with one attached hydrogen (secondary N) is 2. The summed E-state index contributed by atoms with van der Waals surface area (Å²) in [6.45, 7) is 3.85. The molecule has 0 heterocycles. The molecule has 21 heavy (non-hydrogen) atoms. The standard InChI is InChI=1S/C17H24N2O2/c1-12(2)18-17(21)14-7-9-15(10-8-14)19-16(20)11-13-5-3-4-6-13/h7-10,12-13H,3-6,11H2,1-2H3,(H,18,21)(H,19,20). The summed E-state index contributed by atoms with van der Waals surface area (Å²) in [5, 5.41) is 5.75. The second-order valence-corrected chi connectivity index (χ2v) is 6.11. The van der Waals surface area contributed by atoms with E-state index in [1.54, 1.807) is 24.3 Å². The highest BCUT2D eigenvalue weighted by Gasteiger charge is 2.18. The largest absolute Gasteiger partial charge is 0.350 e. The fourth-order valence-electron chi connectivity index (χ4n) is 2.74. The Bertz CT molecular complexity index is 488. The summed E-state index contributed by atoms with van der Waals surface area (Å²) >= 11 is 0. The molecule has 2 N–H and O–H groups in total. The number of amides is 2. The lowest BCUT2D eigenvalue weighted by molar-refractivity contribution is -0.117. The molecule has 1 aliphatic rings. The van der Waals surface area contributed by atoms with E-state index in [0.29, 0.717) is 17.9 Å². The Hall–Kier alpha value is -1.84. The Kier molecular flexibility index (Phi) is 5.37. The summed E-state index contributed by atoms with van der Waals surface area (Å²) in [6, 6.07) is 7.15. The van der Waals surface area contributed by atoms with Gasteiger partial charge in [-0.05, 0) is 56.9 Å². The second kappa shape index (κ2) is 7.25. The summed E-state index contributed by atoms with van der Waals surface area (Å²) in [4.78, 5) is 23.8. The first-order valence-electron chi connectivity index (χ1n) is 7.75. The van der Waals surface area contributed by atoms with Crippen molar-refractivity contribution in [2.24, 2.45) is 5.92 Å². The van der Waals surface area contributed by atoms with Crippen LogP contribution in [0.25, 0.3) is 0 Å². The van der Waals surface area contributed by atoms with Gasteiger partial charge in [0, 0.05) is 23.7 Å². The summed E-state index contributed by atoms with van der Waals surface area (Å²) in [7, 11) is 0. The fraction of sp³-hybridized carbons (Fsp3) is 0.529. The molecule has 0 spiro atoms. The van der Waals surface area contributed by atoms with Crippen molar-refractivity contribution in [1.82, 2.24) is 5.32 Å². The van der Waals surface area contributed by atoms with Crippen molar-refractivity contribution in [3.63, 3.8) is 0 Å². The van der Waals surface area contributed by atoms with Crippen molar-refractivity contribution in [3.8, 4) is 0 Å². The third kappa shape index (κ3) is 4.88. The SMILES string of the molecule is CC(C)NC(=O)c1ccc(NC(=O)CC2CCCC2)cc1. The third-order valence-electron chi connectivity index (χ3n) is 3.80. The summed E-state index contributed by atoms with van der Waals surface area (Å²) in [6.07, 6.45) is 5.44. The fourth-order valence-corrected chi connectivity index (χ4v) is 2.74. The molecular formula is C17H24N2O2. The molecule has 2 amide bonds. The molecule has 1 aromatic rings. The van der Waals surface area contributed by atoms with Crippen LogP contribution in [0.4, 0.5) is 5.69 Å². The van der Waals surface area contributed by atoms with Gasteiger partial charge in [0.1, 0.15) is 0 Å². The Labute approximate surface area is 126 Å². The third-order valence-corrected chi connectivity index (χ3v) is 3.80. The van der Waals surface area contributed by atoms with Crippen LogP contribution < -0.4 is 10.6 Å². The van der Waals surface area contributed by atoms with Gasteiger partial charge in [0.25, 0.3) is 5.91 Å². The molecule has 0 aliphatic heterocycles. The van der Waals surface area contributed by atoms with E-state index in [2.05, 4.69) is 10.6 Å². The highest BCUT2D eigenvalue weighted by molar-refractivity contribution is 5.95. The normalized spacial score (nSPS) is 15.2. The predicted molar refractivity (Wildman–Crippen MR) is 84.2 cm³/mol. The average molecular weight is 288 g/mol. The van der Waals surface area contributed by atoms with Crippen molar-refractivity contribution in [2.45, 2.75) is 52.0 Å². The van der Waals surface area contributed by atoms with Gasteiger partial charge in [-0.25, -0.2) is 0 Å². The Morgan fingerprint density at radius 1 is 1.14 bits per heavy atom. The average Bonchev–Trinajstić information content (AvgIpc) is 2.91. The molecule has 0 aromatic heterocycles. The van der Waals surface area contributed by atoms with Crippen LogP contribution in [0, 0.1) is 5.92 Å². The molecule has 1 aliphatic carbocycles. The van der Waals surface area contributed by atoms with Gasteiger partial charge in [-0.15, -0.1) is 0 Å². The first-order chi connectivity index (χ1) is 10.0. The highest BCUT2D eigenvalue weighted by atomic mass is 16.2. The Morgan fingerprint density at radius 2 is 1.76 bits per heavy atom. The summed E-state index contributed by atoms with van der Waals surface area (Å²) in [5.74, 6) is 0.524. The van der Waals surface area contributed by atoms with Crippen LogP contribution in [0.1, 0.15) is 56.3 Å². The molecule has 0 radical (unpaired) electrons. The molecule has 1 saturated carbocycles. The highest BCUT2D eigenvalue weighted by Crippen LogP contribution is 2.27. The van der Waals surface area contributed by atoms with Gasteiger partial charge in [-0.2, -0.15) is 0 Å². The van der Waals surface area contributed by atoms with Crippen LogP contribution in [0.3, 0.4) is 0 Å². The Balaban J connectivity index is 1.86. The molecule has 1 fully saturated rings. The summed E-state index contributed by atoms with van der Waals surface area (Å²) < 4.78 is 0. The van der Waals surface area contributed by atoms with Crippen LogP contribution in [-0.4, -0.2) is 17.9 Å². The molecule has 114 valence electrons. The lowest BCUT2D eigenvalue weighted by atomic mass is 10.0. The number of anilines is 1. The van der Waals surface area contributed by atoms with E-state index in [4.69, 9.17) is 0 Å². The number of hydrogen-bond donors (Lipinski definition) is 2. The molecule has 0 bridgehead atoms. The van der Waals surface area contributed by atoms with Crippen molar-refractivity contribution in [1.29, 1.82) is 0 Å². The molecule has 1 aromatic carbocycles. The van der Waals surface area contributed by atoms with Crippen molar-refractivity contribution in [2.75, 3.05) is 5.32 Å². The molecule has 0 atom stereocenters. The van der Waals surface area contributed by atoms with Crippen molar-refractivity contribution >= 4 is 17.5 Å². The zero-order valence-corrected chi connectivity index (χ0v) is 12.8. The van der Waals surface area contributed by atoms with Gasteiger partial charge in [-0.1, -0.05) is 12.8 Å². The van der Waals surface area contributed by atoms with E-state index in [9.17, 15) is 9.59 Å². The number of carbonyl (C=O) groups excluding carboxylic acids is 2. The molecule has 4 nitrogen and oxygen atoms in total. The maximum Gasteiger partial charge on any atom is 0.251 e. The maximum absolute atomic E-state index is 11.9. The van der Waals surface area contributed by atoms with E-state index in [-0.39, 0.29) is 17.9 Å². The van der Waals surface area contributed by atoms with Gasteiger partial charge in [0.2, 0.25) is 5.91 Å². The van der Waals surface area contributed by atoms with Crippen molar-refractivity contribution in [3.05, 3.63) is 29.8 Å². The van der Waals surface area contributed by atoms with Gasteiger partial charge in [-0.3, -0.25) is 9.59 Å². The van der Waals surface area contributed by atoms with Crippen molar-refractivity contribution < 1.29 is 9.59 Å². The van der Waals surface area contributed by atoms with E-state index in [1.165, 1.54) is 25.7 Å². The van der Waals surface area contributed by atoms with Crippen LogP contribution in [0.5, 0.6) is 0 Å². The number of carbonyl (C=O) groups is 2.